The van der Waals surface area contributed by atoms with Crippen molar-refractivity contribution in [2.75, 3.05) is 12.3 Å². The van der Waals surface area contributed by atoms with E-state index in [1.54, 1.807) is 10.7 Å². The van der Waals surface area contributed by atoms with Gasteiger partial charge in [-0.2, -0.15) is 5.10 Å². The summed E-state index contributed by atoms with van der Waals surface area (Å²) < 4.78 is 19.6. The molecule has 2 fully saturated rings. The third-order valence-corrected chi connectivity index (χ3v) is 4.03. The van der Waals surface area contributed by atoms with Gasteiger partial charge in [0.05, 0.1) is 18.0 Å². The van der Waals surface area contributed by atoms with Crippen LogP contribution >= 0.6 is 0 Å². The van der Waals surface area contributed by atoms with E-state index in [4.69, 9.17) is 25.7 Å². The number of hydrogen-bond acceptors (Lipinski definition) is 8. The van der Waals surface area contributed by atoms with Crippen LogP contribution < -0.4 is 11.5 Å². The first-order chi connectivity index (χ1) is 10.5. The first kappa shape index (κ1) is 13.8. The number of nitrogens with two attached hydrogens (primary N) is 2. The van der Waals surface area contributed by atoms with E-state index in [1.807, 2.05) is 13.8 Å². The Morgan fingerprint density at radius 1 is 1.27 bits per heavy atom. The third-order valence-electron chi connectivity index (χ3n) is 4.03. The standard InChI is InChI=1S/C13H18N6O3/c1-13(2)21-9-7(3-14)20-8(10(9)22-13)6-4-16-12-11(15)17-5-18-19(6)12/h4-5,7-10H,3,14H2,1-2H3,(H2,15,17,18). The second-order valence-corrected chi connectivity index (χ2v) is 5.96. The Balaban J connectivity index is 1.77. The van der Waals surface area contributed by atoms with Crippen molar-refractivity contribution in [3.63, 3.8) is 0 Å². The highest BCUT2D eigenvalue weighted by Crippen LogP contribution is 2.44. The van der Waals surface area contributed by atoms with Crippen LogP contribution in [-0.4, -0.2) is 50.2 Å². The van der Waals surface area contributed by atoms with Crippen molar-refractivity contribution in [3.8, 4) is 0 Å². The normalized spacial score (nSPS) is 33.4. The lowest BCUT2D eigenvalue weighted by Gasteiger charge is -2.23. The molecule has 2 saturated heterocycles. The molecule has 2 aromatic rings. The molecule has 0 bridgehead atoms. The molecule has 4 heterocycles. The van der Waals surface area contributed by atoms with Crippen LogP contribution in [0.3, 0.4) is 0 Å². The van der Waals surface area contributed by atoms with Gasteiger partial charge in [-0.3, -0.25) is 0 Å². The number of nitrogen functional groups attached to an aromatic ring is 1. The first-order valence-electron chi connectivity index (χ1n) is 7.15. The maximum Gasteiger partial charge on any atom is 0.196 e. The highest BCUT2D eigenvalue weighted by molar-refractivity contribution is 5.58. The lowest BCUT2D eigenvalue weighted by atomic mass is 10.1. The van der Waals surface area contributed by atoms with Gasteiger partial charge in [0.1, 0.15) is 24.6 Å². The zero-order valence-corrected chi connectivity index (χ0v) is 12.3. The predicted octanol–water partition coefficient (Wildman–Crippen LogP) is -0.375. The largest absolute Gasteiger partial charge is 0.381 e. The molecule has 0 radical (unpaired) electrons. The van der Waals surface area contributed by atoms with E-state index in [1.165, 1.54) is 6.33 Å². The SMILES string of the molecule is CC1(C)OC2C(CN)OC(c3cnc4c(N)ncnn34)C2O1. The molecule has 9 nitrogen and oxygen atoms in total. The van der Waals surface area contributed by atoms with E-state index >= 15 is 0 Å². The lowest BCUT2D eigenvalue weighted by molar-refractivity contribution is -0.187. The smallest absolute Gasteiger partial charge is 0.196 e. The average molecular weight is 306 g/mol. The monoisotopic (exact) mass is 306 g/mol. The molecular formula is C13H18N6O3. The molecular weight excluding hydrogens is 288 g/mol. The molecule has 4 unspecified atom stereocenters. The number of ether oxygens (including phenoxy) is 3. The van der Waals surface area contributed by atoms with Crippen molar-refractivity contribution in [2.45, 2.75) is 44.1 Å². The number of aromatic nitrogens is 4. The van der Waals surface area contributed by atoms with Gasteiger partial charge in [-0.25, -0.2) is 14.5 Å². The average Bonchev–Trinajstić information content (AvgIpc) is 3.10. The van der Waals surface area contributed by atoms with Crippen molar-refractivity contribution in [1.82, 2.24) is 19.6 Å². The van der Waals surface area contributed by atoms with Gasteiger partial charge >= 0.3 is 0 Å². The van der Waals surface area contributed by atoms with E-state index in [0.29, 0.717) is 18.0 Å². The lowest BCUT2D eigenvalue weighted by Crippen LogP contribution is -2.34. The highest BCUT2D eigenvalue weighted by atomic mass is 16.8. The van der Waals surface area contributed by atoms with E-state index < -0.39 is 5.79 Å². The molecule has 2 aliphatic heterocycles. The van der Waals surface area contributed by atoms with Gasteiger partial charge in [-0.1, -0.05) is 0 Å². The number of nitrogens with zero attached hydrogens (tertiary/aromatic N) is 4. The van der Waals surface area contributed by atoms with Crippen molar-refractivity contribution >= 4 is 11.5 Å². The maximum atomic E-state index is 6.03. The molecule has 0 aromatic carbocycles. The van der Waals surface area contributed by atoms with Gasteiger partial charge < -0.3 is 25.7 Å². The third kappa shape index (κ3) is 1.90. The molecule has 118 valence electrons. The number of anilines is 1. The zero-order valence-electron chi connectivity index (χ0n) is 12.3. The summed E-state index contributed by atoms with van der Waals surface area (Å²) in [6, 6.07) is 0. The summed E-state index contributed by atoms with van der Waals surface area (Å²) in [5.41, 5.74) is 12.9. The quantitative estimate of drug-likeness (QED) is 0.770. The van der Waals surface area contributed by atoms with Crippen LogP contribution in [0.1, 0.15) is 25.6 Å². The minimum absolute atomic E-state index is 0.213. The topological polar surface area (TPSA) is 123 Å². The fourth-order valence-electron chi connectivity index (χ4n) is 3.16. The Kier molecular flexibility index (Phi) is 2.89. The van der Waals surface area contributed by atoms with E-state index in [0.717, 1.165) is 5.69 Å². The molecule has 0 saturated carbocycles. The number of fused-ring (bicyclic) bond motifs is 2. The number of imidazole rings is 1. The van der Waals surface area contributed by atoms with Crippen molar-refractivity contribution < 1.29 is 14.2 Å². The molecule has 9 heteroatoms. The summed E-state index contributed by atoms with van der Waals surface area (Å²) in [5.74, 6) is -0.352. The van der Waals surface area contributed by atoms with E-state index in [9.17, 15) is 0 Å². The predicted molar refractivity (Wildman–Crippen MR) is 75.7 cm³/mol. The second kappa shape index (κ2) is 4.59. The van der Waals surface area contributed by atoms with Gasteiger partial charge in [0.2, 0.25) is 0 Å². The van der Waals surface area contributed by atoms with Gasteiger partial charge in [0, 0.05) is 6.54 Å². The van der Waals surface area contributed by atoms with Crippen LogP contribution in [0.4, 0.5) is 5.82 Å². The Morgan fingerprint density at radius 3 is 2.82 bits per heavy atom. The number of hydrogen-bond donors (Lipinski definition) is 2. The van der Waals surface area contributed by atoms with Gasteiger partial charge in [0.25, 0.3) is 0 Å². The fourth-order valence-corrected chi connectivity index (χ4v) is 3.16. The first-order valence-corrected chi connectivity index (χ1v) is 7.15. The summed E-state index contributed by atoms with van der Waals surface area (Å²) in [6.45, 7) is 4.11. The van der Waals surface area contributed by atoms with Crippen molar-refractivity contribution in [1.29, 1.82) is 0 Å². The van der Waals surface area contributed by atoms with Gasteiger partial charge in [0.15, 0.2) is 17.3 Å². The molecule has 22 heavy (non-hydrogen) atoms. The summed E-state index contributed by atoms with van der Waals surface area (Å²) >= 11 is 0. The molecule has 4 N–H and O–H groups in total. The van der Waals surface area contributed by atoms with E-state index in [2.05, 4.69) is 15.1 Å². The molecule has 0 amide bonds. The Labute approximate surface area is 126 Å². The van der Waals surface area contributed by atoms with Gasteiger partial charge in [-0.05, 0) is 13.8 Å². The Bertz CT molecular complexity index is 717. The maximum absolute atomic E-state index is 6.03. The fraction of sp³-hybridized carbons (Fsp3) is 0.615. The summed E-state index contributed by atoms with van der Waals surface area (Å²) in [5, 5.41) is 4.20. The summed E-state index contributed by atoms with van der Waals surface area (Å²) in [4.78, 5) is 8.20. The van der Waals surface area contributed by atoms with Crippen molar-refractivity contribution in [3.05, 3.63) is 18.2 Å². The molecule has 4 rings (SSSR count). The van der Waals surface area contributed by atoms with Crippen LogP contribution in [0.2, 0.25) is 0 Å². The summed E-state index contributed by atoms with van der Waals surface area (Å²) in [6.07, 6.45) is 1.98. The second-order valence-electron chi connectivity index (χ2n) is 5.96. The zero-order chi connectivity index (χ0) is 15.5. The van der Waals surface area contributed by atoms with Gasteiger partial charge in [-0.15, -0.1) is 0 Å². The van der Waals surface area contributed by atoms with Crippen LogP contribution in [0.15, 0.2) is 12.5 Å². The minimum Gasteiger partial charge on any atom is -0.381 e. The summed E-state index contributed by atoms with van der Waals surface area (Å²) in [7, 11) is 0. The molecule has 0 spiro atoms. The van der Waals surface area contributed by atoms with Crippen molar-refractivity contribution in [2.24, 2.45) is 5.73 Å². The molecule has 4 atom stereocenters. The highest BCUT2D eigenvalue weighted by Gasteiger charge is 2.55. The minimum atomic E-state index is -0.667. The Morgan fingerprint density at radius 2 is 2.05 bits per heavy atom. The van der Waals surface area contributed by atoms with Crippen LogP contribution in [0.25, 0.3) is 5.65 Å². The molecule has 2 aliphatic rings. The molecule has 2 aromatic heterocycles. The van der Waals surface area contributed by atoms with E-state index in [-0.39, 0.29) is 24.4 Å². The van der Waals surface area contributed by atoms with Crippen LogP contribution in [-0.2, 0) is 14.2 Å². The van der Waals surface area contributed by atoms with Crippen LogP contribution in [0.5, 0.6) is 0 Å². The van der Waals surface area contributed by atoms with Crippen LogP contribution in [0, 0.1) is 0 Å². The number of rotatable bonds is 2. The Hall–Kier alpha value is -1.81. The molecule has 0 aliphatic carbocycles.